The number of hydrogen-bond donors (Lipinski definition) is 2. The molecule has 3 aromatic rings. The number of H-pyrrole nitrogens is 1. The topological polar surface area (TPSA) is 80.1 Å². The quantitative estimate of drug-likeness (QED) is 0.617. The molecule has 156 valence electrons. The number of alkyl halides is 3. The van der Waals surface area contributed by atoms with Gasteiger partial charge in [0.05, 0.1) is 23.8 Å². The molecule has 0 amide bonds. The number of nitrogens with one attached hydrogen (secondary N) is 2. The molecule has 0 spiro atoms. The standard InChI is InChI=1S/C14H13F3N6O.C5H10/c15-14(16,17)24-7-9-5-11-13(20-12-3-4-18-21-12)19-10(8-1-2-8)6-23(11)22-9;1-2-4-5-3-1/h3-6,8H,1-2,7H2,(H2,18,19,20,21);1-5H2. The number of rotatable bonds is 5. The van der Waals surface area contributed by atoms with Gasteiger partial charge in [0.1, 0.15) is 17.9 Å². The van der Waals surface area contributed by atoms with Gasteiger partial charge in [0, 0.05) is 12.0 Å². The Kier molecular flexibility index (Phi) is 5.70. The number of hydrogen-bond acceptors (Lipinski definition) is 5. The molecule has 2 saturated carbocycles. The first-order chi connectivity index (χ1) is 14.0. The molecular formula is C19H23F3N6O. The molecule has 0 atom stereocenters. The van der Waals surface area contributed by atoms with Crippen molar-refractivity contribution in [2.24, 2.45) is 0 Å². The zero-order valence-corrected chi connectivity index (χ0v) is 15.9. The van der Waals surface area contributed by atoms with E-state index in [4.69, 9.17) is 0 Å². The van der Waals surface area contributed by atoms with E-state index >= 15 is 0 Å². The molecule has 2 aliphatic rings. The van der Waals surface area contributed by atoms with Crippen molar-refractivity contribution < 1.29 is 17.9 Å². The summed E-state index contributed by atoms with van der Waals surface area (Å²) >= 11 is 0. The van der Waals surface area contributed by atoms with Crippen molar-refractivity contribution in [3.8, 4) is 0 Å². The molecule has 3 aromatic heterocycles. The van der Waals surface area contributed by atoms with Gasteiger partial charge >= 0.3 is 6.36 Å². The molecule has 0 aromatic carbocycles. The SMILES string of the molecule is C1CCCC1.FC(F)(F)OCc1cc2c(Nc3ccn[nH]3)nc(C3CC3)cn2n1. The Labute approximate surface area is 165 Å². The molecule has 2 fully saturated rings. The minimum atomic E-state index is -4.69. The largest absolute Gasteiger partial charge is 0.522 e. The monoisotopic (exact) mass is 408 g/mol. The smallest absolute Gasteiger partial charge is 0.324 e. The van der Waals surface area contributed by atoms with Gasteiger partial charge in [0.15, 0.2) is 5.82 Å². The summed E-state index contributed by atoms with van der Waals surface area (Å²) in [6.45, 7) is -0.645. The normalized spacial score (nSPS) is 16.7. The van der Waals surface area contributed by atoms with Gasteiger partial charge < -0.3 is 5.32 Å². The average molecular weight is 408 g/mol. The van der Waals surface area contributed by atoms with Crippen LogP contribution in [0.25, 0.3) is 5.52 Å². The number of nitrogens with zero attached hydrogens (tertiary/aromatic N) is 4. The van der Waals surface area contributed by atoms with E-state index in [2.05, 4.69) is 30.3 Å². The summed E-state index contributed by atoms with van der Waals surface area (Å²) < 4.78 is 42.0. The van der Waals surface area contributed by atoms with Gasteiger partial charge in [-0.05, 0) is 18.9 Å². The van der Waals surface area contributed by atoms with Gasteiger partial charge in [-0.15, -0.1) is 13.2 Å². The molecule has 0 bridgehead atoms. The van der Waals surface area contributed by atoms with Crippen LogP contribution in [-0.2, 0) is 11.3 Å². The van der Waals surface area contributed by atoms with Gasteiger partial charge in [-0.1, -0.05) is 32.1 Å². The lowest BCUT2D eigenvalue weighted by Crippen LogP contribution is -2.13. The molecule has 0 radical (unpaired) electrons. The van der Waals surface area contributed by atoms with Gasteiger partial charge in [-0.25, -0.2) is 9.50 Å². The average Bonchev–Trinajstić information content (AvgIpc) is 3.12. The number of halogens is 3. The number of anilines is 2. The van der Waals surface area contributed by atoms with Crippen LogP contribution in [0, 0.1) is 0 Å². The predicted octanol–water partition coefficient (Wildman–Crippen LogP) is 5.06. The van der Waals surface area contributed by atoms with Crippen LogP contribution in [0.1, 0.15) is 62.3 Å². The van der Waals surface area contributed by atoms with E-state index in [0.29, 0.717) is 23.1 Å². The zero-order chi connectivity index (χ0) is 20.3. The molecule has 0 aliphatic heterocycles. The van der Waals surface area contributed by atoms with E-state index in [1.807, 2.05) is 0 Å². The fraction of sp³-hybridized carbons (Fsp3) is 0.526. The van der Waals surface area contributed by atoms with E-state index in [0.717, 1.165) is 18.5 Å². The third kappa shape index (κ3) is 5.47. The first-order valence-electron chi connectivity index (χ1n) is 9.84. The van der Waals surface area contributed by atoms with Crippen LogP contribution < -0.4 is 5.32 Å². The van der Waals surface area contributed by atoms with Gasteiger partial charge in [0.25, 0.3) is 0 Å². The van der Waals surface area contributed by atoms with Gasteiger partial charge in [0.2, 0.25) is 0 Å². The molecule has 29 heavy (non-hydrogen) atoms. The number of aromatic nitrogens is 5. The van der Waals surface area contributed by atoms with Gasteiger partial charge in [-0.3, -0.25) is 9.84 Å². The molecule has 7 nitrogen and oxygen atoms in total. The third-order valence-electron chi connectivity index (χ3n) is 4.91. The molecular weight excluding hydrogens is 385 g/mol. The fourth-order valence-corrected chi connectivity index (χ4v) is 3.29. The van der Waals surface area contributed by atoms with E-state index in [1.54, 1.807) is 18.5 Å². The van der Waals surface area contributed by atoms with Crippen LogP contribution in [0.5, 0.6) is 0 Å². The van der Waals surface area contributed by atoms with Crippen LogP contribution in [0.2, 0.25) is 0 Å². The second-order valence-corrected chi connectivity index (χ2v) is 7.35. The van der Waals surface area contributed by atoms with Crippen LogP contribution in [0.3, 0.4) is 0 Å². The van der Waals surface area contributed by atoms with Crippen molar-refractivity contribution in [3.63, 3.8) is 0 Å². The second-order valence-electron chi connectivity index (χ2n) is 7.35. The Morgan fingerprint density at radius 2 is 1.90 bits per heavy atom. The predicted molar refractivity (Wildman–Crippen MR) is 101 cm³/mol. The van der Waals surface area contributed by atoms with E-state index in [1.165, 1.54) is 42.7 Å². The summed E-state index contributed by atoms with van der Waals surface area (Å²) in [4.78, 5) is 4.58. The minimum absolute atomic E-state index is 0.176. The number of fused-ring (bicyclic) bond motifs is 1. The molecule has 3 heterocycles. The third-order valence-corrected chi connectivity index (χ3v) is 4.91. The molecule has 2 aliphatic carbocycles. The van der Waals surface area contributed by atoms with Gasteiger partial charge in [-0.2, -0.15) is 10.2 Å². The lowest BCUT2D eigenvalue weighted by Gasteiger charge is -2.07. The molecule has 2 N–H and O–H groups in total. The lowest BCUT2D eigenvalue weighted by atomic mass is 10.3. The summed E-state index contributed by atoms with van der Waals surface area (Å²) in [6, 6.07) is 3.25. The Balaban J connectivity index is 0.000000359. The summed E-state index contributed by atoms with van der Waals surface area (Å²) in [5.74, 6) is 1.51. The highest BCUT2D eigenvalue weighted by Gasteiger charge is 2.30. The summed E-state index contributed by atoms with van der Waals surface area (Å²) in [5.41, 5.74) is 1.60. The van der Waals surface area contributed by atoms with E-state index in [-0.39, 0.29) is 5.69 Å². The maximum atomic E-state index is 12.2. The first-order valence-corrected chi connectivity index (χ1v) is 9.84. The molecule has 0 unspecified atom stereocenters. The van der Waals surface area contributed by atoms with E-state index < -0.39 is 13.0 Å². The van der Waals surface area contributed by atoms with Crippen LogP contribution in [0.15, 0.2) is 24.5 Å². The maximum absolute atomic E-state index is 12.2. The highest BCUT2D eigenvalue weighted by atomic mass is 19.4. The molecule has 5 rings (SSSR count). The maximum Gasteiger partial charge on any atom is 0.522 e. The van der Waals surface area contributed by atoms with Crippen molar-refractivity contribution in [1.82, 2.24) is 24.8 Å². The number of aromatic amines is 1. The fourth-order valence-electron chi connectivity index (χ4n) is 3.29. The van der Waals surface area contributed by atoms with Crippen molar-refractivity contribution in [2.75, 3.05) is 5.32 Å². The minimum Gasteiger partial charge on any atom is -0.324 e. The van der Waals surface area contributed by atoms with E-state index in [9.17, 15) is 13.2 Å². The van der Waals surface area contributed by atoms with Crippen LogP contribution in [-0.4, -0.2) is 31.2 Å². The van der Waals surface area contributed by atoms with Crippen molar-refractivity contribution in [1.29, 1.82) is 0 Å². The Morgan fingerprint density at radius 1 is 1.17 bits per heavy atom. The summed E-state index contributed by atoms with van der Waals surface area (Å²) in [7, 11) is 0. The second kappa shape index (κ2) is 8.40. The Morgan fingerprint density at radius 3 is 2.48 bits per heavy atom. The van der Waals surface area contributed by atoms with Crippen LogP contribution >= 0.6 is 0 Å². The molecule has 10 heteroatoms. The Bertz CT molecular complexity index is 922. The van der Waals surface area contributed by atoms with Crippen molar-refractivity contribution >= 4 is 17.2 Å². The van der Waals surface area contributed by atoms with Crippen molar-refractivity contribution in [2.45, 2.75) is 63.8 Å². The highest BCUT2D eigenvalue weighted by Crippen LogP contribution is 2.40. The summed E-state index contributed by atoms with van der Waals surface area (Å²) in [6.07, 6.45) is 8.25. The van der Waals surface area contributed by atoms with Crippen LogP contribution in [0.4, 0.5) is 24.8 Å². The summed E-state index contributed by atoms with van der Waals surface area (Å²) in [5, 5.41) is 13.9. The first kappa shape index (κ1) is 19.7. The zero-order valence-electron chi connectivity index (χ0n) is 15.9. The lowest BCUT2D eigenvalue weighted by molar-refractivity contribution is -0.330. The number of ether oxygens (including phenoxy) is 1. The highest BCUT2D eigenvalue weighted by molar-refractivity contribution is 5.72. The van der Waals surface area contributed by atoms with Crippen molar-refractivity contribution in [3.05, 3.63) is 35.9 Å². The Hall–Kier alpha value is -2.62. The molecule has 0 saturated heterocycles.